The zero-order valence-electron chi connectivity index (χ0n) is 14.2. The van der Waals surface area contributed by atoms with Crippen LogP contribution in [0.2, 0.25) is 0 Å². The molecule has 0 aliphatic carbocycles. The summed E-state index contributed by atoms with van der Waals surface area (Å²) in [6.45, 7) is 0.0504. The minimum atomic E-state index is -1.02. The number of benzene rings is 2. The fraction of sp³-hybridized carbons (Fsp3) is 0.368. The molecule has 0 fully saturated rings. The second-order valence-corrected chi connectivity index (χ2v) is 6.02. The molecule has 2 atom stereocenters. The molecule has 6 nitrogen and oxygen atoms in total. The molecule has 25 heavy (non-hydrogen) atoms. The maximum atomic E-state index is 9.32. The number of aliphatic hydroxyl groups is 1. The molecule has 0 saturated carbocycles. The highest BCUT2D eigenvalue weighted by Gasteiger charge is 2.50. The molecule has 2 aliphatic heterocycles. The molecule has 2 heterocycles. The van der Waals surface area contributed by atoms with Crippen molar-refractivity contribution in [3.63, 3.8) is 0 Å². The first-order valence-corrected chi connectivity index (χ1v) is 8.20. The van der Waals surface area contributed by atoms with Crippen molar-refractivity contribution >= 4 is 0 Å². The Morgan fingerprint density at radius 2 is 1.76 bits per heavy atom. The van der Waals surface area contributed by atoms with Crippen molar-refractivity contribution < 1.29 is 28.8 Å². The van der Waals surface area contributed by atoms with E-state index in [0.29, 0.717) is 35.8 Å². The van der Waals surface area contributed by atoms with Gasteiger partial charge in [0.25, 0.3) is 0 Å². The number of ether oxygens (including phenoxy) is 5. The average Bonchev–Trinajstić information content (AvgIpc) is 2.66. The van der Waals surface area contributed by atoms with Gasteiger partial charge in [-0.1, -0.05) is 0 Å². The van der Waals surface area contributed by atoms with Gasteiger partial charge in [-0.2, -0.15) is 0 Å². The van der Waals surface area contributed by atoms with E-state index in [1.54, 1.807) is 14.2 Å². The van der Waals surface area contributed by atoms with E-state index in [9.17, 15) is 5.11 Å². The van der Waals surface area contributed by atoms with E-state index in [1.807, 2.05) is 36.4 Å². The van der Waals surface area contributed by atoms with E-state index < -0.39 is 12.1 Å². The van der Waals surface area contributed by atoms with Gasteiger partial charge in [0.1, 0.15) is 23.0 Å². The van der Waals surface area contributed by atoms with Crippen LogP contribution in [0.1, 0.15) is 30.3 Å². The molecule has 6 heteroatoms. The molecule has 132 valence electrons. The van der Waals surface area contributed by atoms with Crippen LogP contribution in [0.25, 0.3) is 0 Å². The second kappa shape index (κ2) is 6.13. The van der Waals surface area contributed by atoms with Crippen molar-refractivity contribution in [1.82, 2.24) is 0 Å². The van der Waals surface area contributed by atoms with E-state index in [2.05, 4.69) is 0 Å². The third-order valence-electron chi connectivity index (χ3n) is 4.54. The largest absolute Gasteiger partial charge is 0.497 e. The van der Waals surface area contributed by atoms with E-state index in [-0.39, 0.29) is 6.61 Å². The smallest absolute Gasteiger partial charge is 0.244 e. The Balaban J connectivity index is 1.83. The first-order valence-electron chi connectivity index (χ1n) is 8.20. The highest BCUT2D eigenvalue weighted by molar-refractivity contribution is 5.50. The standard InChI is InChI=1S/C19H20O6/c1-21-12-4-6-16-14(10-12)18-23-17-7-5-13(22-2)11-15(17)19(24-16,25-18)8-3-9-20/h4-7,10-11,18,20H,3,8-9H2,1-2H3. The lowest BCUT2D eigenvalue weighted by atomic mass is 9.95. The summed E-state index contributed by atoms with van der Waals surface area (Å²) in [5.74, 6) is 1.75. The van der Waals surface area contributed by atoms with Crippen LogP contribution < -0.4 is 18.9 Å². The average molecular weight is 344 g/mol. The van der Waals surface area contributed by atoms with Crippen molar-refractivity contribution in [3.05, 3.63) is 47.5 Å². The predicted octanol–water partition coefficient (Wildman–Crippen LogP) is 3.13. The molecule has 2 aliphatic rings. The zero-order valence-corrected chi connectivity index (χ0v) is 14.2. The number of hydrogen-bond acceptors (Lipinski definition) is 6. The summed E-state index contributed by atoms with van der Waals surface area (Å²) < 4.78 is 29.2. The van der Waals surface area contributed by atoms with Crippen molar-refractivity contribution in [2.75, 3.05) is 20.8 Å². The summed E-state index contributed by atoms with van der Waals surface area (Å²) in [5.41, 5.74) is 1.54. The Morgan fingerprint density at radius 1 is 1.04 bits per heavy atom. The molecule has 0 saturated heterocycles. The summed E-state index contributed by atoms with van der Waals surface area (Å²) in [7, 11) is 3.22. The molecule has 2 aromatic carbocycles. The molecule has 2 unspecified atom stereocenters. The molecular weight excluding hydrogens is 324 g/mol. The maximum absolute atomic E-state index is 9.32. The summed E-state index contributed by atoms with van der Waals surface area (Å²) in [4.78, 5) is 0. The summed E-state index contributed by atoms with van der Waals surface area (Å²) in [6.07, 6.45) is 0.433. The first-order chi connectivity index (χ1) is 12.2. The topological polar surface area (TPSA) is 66.4 Å². The van der Waals surface area contributed by atoms with Gasteiger partial charge in [-0.05, 0) is 42.8 Å². The van der Waals surface area contributed by atoms with Crippen LogP contribution in [0, 0.1) is 0 Å². The van der Waals surface area contributed by atoms with Crippen molar-refractivity contribution in [1.29, 1.82) is 0 Å². The minimum Gasteiger partial charge on any atom is -0.497 e. The molecule has 0 spiro atoms. The van der Waals surface area contributed by atoms with E-state index in [0.717, 1.165) is 11.1 Å². The van der Waals surface area contributed by atoms with E-state index >= 15 is 0 Å². The lowest BCUT2D eigenvalue weighted by Crippen LogP contribution is -2.45. The molecule has 4 rings (SSSR count). The fourth-order valence-corrected chi connectivity index (χ4v) is 3.28. The molecule has 0 amide bonds. The Bertz CT molecular complexity index is 789. The van der Waals surface area contributed by atoms with Crippen LogP contribution >= 0.6 is 0 Å². The SMILES string of the molecule is COc1ccc2c(c1)C1Oc3ccc(OC)cc3C(CCCO)(O2)O1. The number of aliphatic hydroxyl groups excluding tert-OH is 1. The van der Waals surface area contributed by atoms with Gasteiger partial charge in [-0.15, -0.1) is 0 Å². The molecule has 2 bridgehead atoms. The van der Waals surface area contributed by atoms with Gasteiger partial charge in [0.2, 0.25) is 12.1 Å². The monoisotopic (exact) mass is 344 g/mol. The Morgan fingerprint density at radius 3 is 2.48 bits per heavy atom. The van der Waals surface area contributed by atoms with Gasteiger partial charge >= 0.3 is 0 Å². The highest BCUT2D eigenvalue weighted by atomic mass is 16.8. The van der Waals surface area contributed by atoms with Crippen LogP contribution in [0.3, 0.4) is 0 Å². The molecule has 0 aromatic heterocycles. The quantitative estimate of drug-likeness (QED) is 0.899. The molecule has 2 aromatic rings. The van der Waals surface area contributed by atoms with Gasteiger partial charge in [0.15, 0.2) is 0 Å². The molecule has 1 N–H and O–H groups in total. The Hall–Kier alpha value is -2.44. The van der Waals surface area contributed by atoms with Crippen molar-refractivity contribution in [2.45, 2.75) is 24.9 Å². The molecular formula is C19H20O6. The van der Waals surface area contributed by atoms with Crippen LogP contribution in [0.5, 0.6) is 23.0 Å². The van der Waals surface area contributed by atoms with Crippen LogP contribution in [-0.2, 0) is 10.5 Å². The van der Waals surface area contributed by atoms with Crippen LogP contribution in [0.15, 0.2) is 36.4 Å². The van der Waals surface area contributed by atoms with Crippen molar-refractivity contribution in [3.8, 4) is 23.0 Å². The van der Waals surface area contributed by atoms with Gasteiger partial charge in [-0.25, -0.2) is 0 Å². The summed E-state index contributed by atoms with van der Waals surface area (Å²) in [6, 6.07) is 11.1. The van der Waals surface area contributed by atoms with Gasteiger partial charge in [0, 0.05) is 13.0 Å². The number of methoxy groups -OCH3 is 2. The maximum Gasteiger partial charge on any atom is 0.244 e. The lowest BCUT2D eigenvalue weighted by molar-refractivity contribution is -0.304. The van der Waals surface area contributed by atoms with Gasteiger partial charge in [0.05, 0.1) is 25.3 Å². The summed E-state index contributed by atoms with van der Waals surface area (Å²) >= 11 is 0. The highest BCUT2D eigenvalue weighted by Crippen LogP contribution is 2.53. The minimum absolute atomic E-state index is 0.0504. The molecule has 0 radical (unpaired) electrons. The second-order valence-electron chi connectivity index (χ2n) is 6.02. The first kappa shape index (κ1) is 16.1. The van der Waals surface area contributed by atoms with Crippen LogP contribution in [0.4, 0.5) is 0 Å². The lowest BCUT2D eigenvalue weighted by Gasteiger charge is -2.46. The predicted molar refractivity (Wildman–Crippen MR) is 89.1 cm³/mol. The van der Waals surface area contributed by atoms with Gasteiger partial charge < -0.3 is 24.1 Å². The van der Waals surface area contributed by atoms with Crippen molar-refractivity contribution in [2.24, 2.45) is 0 Å². The normalized spacial score (nSPS) is 22.9. The number of fused-ring (bicyclic) bond motifs is 6. The zero-order chi connectivity index (χ0) is 17.4. The van der Waals surface area contributed by atoms with Crippen LogP contribution in [-0.4, -0.2) is 25.9 Å². The van der Waals surface area contributed by atoms with Gasteiger partial charge in [-0.3, -0.25) is 4.74 Å². The third kappa shape index (κ3) is 2.58. The third-order valence-corrected chi connectivity index (χ3v) is 4.54. The Labute approximate surface area is 145 Å². The Kier molecular flexibility index (Phi) is 3.94. The number of rotatable bonds is 5. The number of hydrogen-bond donors (Lipinski definition) is 1. The fourth-order valence-electron chi connectivity index (χ4n) is 3.28. The van der Waals surface area contributed by atoms with E-state index in [1.165, 1.54) is 0 Å². The summed E-state index contributed by atoms with van der Waals surface area (Å²) in [5, 5.41) is 9.32. The van der Waals surface area contributed by atoms with E-state index in [4.69, 9.17) is 23.7 Å².